The second-order valence-electron chi connectivity index (χ2n) is 9.84. The summed E-state index contributed by atoms with van der Waals surface area (Å²) in [6.45, 7) is 6.13. The first-order chi connectivity index (χ1) is 16.2. The molecule has 0 spiro atoms. The maximum Gasteiger partial charge on any atom is 0.226 e. The van der Waals surface area contributed by atoms with Crippen molar-refractivity contribution in [3.8, 4) is 11.1 Å². The third-order valence-corrected chi connectivity index (χ3v) is 7.76. The van der Waals surface area contributed by atoms with Crippen molar-refractivity contribution in [3.63, 3.8) is 0 Å². The molecule has 2 N–H and O–H groups in total. The summed E-state index contributed by atoms with van der Waals surface area (Å²) in [7, 11) is 0. The Morgan fingerprint density at radius 1 is 1.15 bits per heavy atom. The van der Waals surface area contributed by atoms with Crippen LogP contribution < -0.4 is 5.32 Å². The lowest BCUT2D eigenvalue weighted by Crippen LogP contribution is -2.41. The maximum absolute atomic E-state index is 13.3. The molecule has 2 aromatic heterocycles. The largest absolute Gasteiger partial charge is 0.381 e. The molecule has 33 heavy (non-hydrogen) atoms. The average molecular weight is 445 g/mol. The highest BCUT2D eigenvalue weighted by Crippen LogP contribution is 2.36. The Morgan fingerprint density at radius 2 is 2.03 bits per heavy atom. The lowest BCUT2D eigenvalue weighted by molar-refractivity contribution is -0.139. The lowest BCUT2D eigenvalue weighted by Gasteiger charge is -2.35. The van der Waals surface area contributed by atoms with Gasteiger partial charge in [0.15, 0.2) is 0 Å². The third-order valence-electron chi connectivity index (χ3n) is 7.76. The van der Waals surface area contributed by atoms with Crippen LogP contribution in [0.25, 0.3) is 22.2 Å². The number of H-pyrrole nitrogens is 1. The fraction of sp³-hybridized carbons (Fsp3) is 0.481. The predicted molar refractivity (Wildman–Crippen MR) is 129 cm³/mol. The third kappa shape index (κ3) is 3.85. The topological polar surface area (TPSA) is 70.2 Å². The second-order valence-corrected chi connectivity index (χ2v) is 9.84. The van der Waals surface area contributed by atoms with E-state index in [4.69, 9.17) is 4.74 Å². The van der Waals surface area contributed by atoms with Gasteiger partial charge < -0.3 is 19.9 Å². The van der Waals surface area contributed by atoms with Crippen LogP contribution in [-0.2, 0) is 22.5 Å². The Hall–Kier alpha value is -2.70. The molecule has 5 heterocycles. The minimum absolute atomic E-state index is 0.114. The molecule has 0 aliphatic carbocycles. The number of ether oxygens (including phenoxy) is 1. The van der Waals surface area contributed by atoms with Crippen LogP contribution in [0.4, 0.5) is 0 Å². The van der Waals surface area contributed by atoms with Crippen molar-refractivity contribution >= 4 is 16.9 Å². The van der Waals surface area contributed by atoms with Gasteiger partial charge in [-0.05, 0) is 91.6 Å². The van der Waals surface area contributed by atoms with E-state index in [2.05, 4.69) is 45.3 Å². The maximum atomic E-state index is 13.3. The Labute approximate surface area is 194 Å². The van der Waals surface area contributed by atoms with E-state index in [1.54, 1.807) is 0 Å². The van der Waals surface area contributed by atoms with Crippen LogP contribution in [0.5, 0.6) is 0 Å². The van der Waals surface area contributed by atoms with E-state index in [0.29, 0.717) is 31.7 Å². The van der Waals surface area contributed by atoms with Crippen LogP contribution in [0.3, 0.4) is 0 Å². The summed E-state index contributed by atoms with van der Waals surface area (Å²) >= 11 is 0. The summed E-state index contributed by atoms with van der Waals surface area (Å²) in [5.41, 5.74) is 8.65. The Balaban J connectivity index is 1.38. The molecule has 3 aliphatic rings. The van der Waals surface area contributed by atoms with Crippen LogP contribution in [0.15, 0.2) is 30.6 Å². The summed E-state index contributed by atoms with van der Waals surface area (Å²) < 4.78 is 5.48. The summed E-state index contributed by atoms with van der Waals surface area (Å²) in [6.07, 6.45) is 9.01. The van der Waals surface area contributed by atoms with Crippen molar-refractivity contribution < 1.29 is 9.53 Å². The molecule has 6 heteroatoms. The van der Waals surface area contributed by atoms with Crippen LogP contribution in [0, 0.1) is 12.8 Å². The summed E-state index contributed by atoms with van der Waals surface area (Å²) in [5.74, 6) is 0.420. The molecule has 6 rings (SSSR count). The molecule has 6 nitrogen and oxygen atoms in total. The number of amides is 1. The molecule has 2 fully saturated rings. The number of hydrogen-bond acceptors (Lipinski definition) is 4. The van der Waals surface area contributed by atoms with Crippen molar-refractivity contribution in [3.05, 3.63) is 52.8 Å². The van der Waals surface area contributed by atoms with Crippen molar-refractivity contribution in [1.82, 2.24) is 20.2 Å². The van der Waals surface area contributed by atoms with Crippen molar-refractivity contribution in [2.24, 2.45) is 5.92 Å². The highest BCUT2D eigenvalue weighted by atomic mass is 16.5. The highest BCUT2D eigenvalue weighted by molar-refractivity contribution is 5.85. The molecule has 0 saturated carbocycles. The Morgan fingerprint density at radius 3 is 2.85 bits per heavy atom. The van der Waals surface area contributed by atoms with Gasteiger partial charge in [0.25, 0.3) is 0 Å². The molecular weight excluding hydrogens is 412 g/mol. The number of carbonyl (C=O) groups excluding carboxylic acids is 1. The predicted octanol–water partition coefficient (Wildman–Crippen LogP) is 4.27. The van der Waals surface area contributed by atoms with Crippen LogP contribution in [0.1, 0.15) is 54.0 Å². The number of nitrogens with one attached hydrogen (secondary N) is 2. The zero-order valence-electron chi connectivity index (χ0n) is 19.3. The molecule has 172 valence electrons. The molecule has 1 aromatic carbocycles. The number of nitrogens with zero attached hydrogens (tertiary/aromatic N) is 2. The monoisotopic (exact) mass is 444 g/mol. The van der Waals surface area contributed by atoms with Crippen molar-refractivity contribution in [2.45, 2.75) is 51.6 Å². The summed E-state index contributed by atoms with van der Waals surface area (Å²) in [4.78, 5) is 23.3. The number of aromatic nitrogens is 2. The molecule has 0 bridgehead atoms. The molecule has 0 radical (unpaired) electrons. The first-order valence-electron chi connectivity index (χ1n) is 12.4. The summed E-state index contributed by atoms with van der Waals surface area (Å²) in [6, 6.07) is 7.34. The van der Waals surface area contributed by atoms with Crippen molar-refractivity contribution in [2.75, 3.05) is 26.3 Å². The second kappa shape index (κ2) is 8.58. The minimum Gasteiger partial charge on any atom is -0.381 e. The van der Waals surface area contributed by atoms with Crippen molar-refractivity contribution in [1.29, 1.82) is 0 Å². The first kappa shape index (κ1) is 20.9. The zero-order valence-corrected chi connectivity index (χ0v) is 19.3. The van der Waals surface area contributed by atoms with Crippen LogP contribution >= 0.6 is 0 Å². The number of carbonyl (C=O) groups is 1. The molecule has 3 aliphatic heterocycles. The van der Waals surface area contributed by atoms with Crippen LogP contribution in [0.2, 0.25) is 0 Å². The smallest absolute Gasteiger partial charge is 0.226 e. The quantitative estimate of drug-likeness (QED) is 0.633. The fourth-order valence-electron chi connectivity index (χ4n) is 5.84. The number of fused-ring (bicyclic) bond motifs is 2. The zero-order chi connectivity index (χ0) is 22.4. The number of hydrogen-bond donors (Lipinski definition) is 2. The van der Waals surface area contributed by atoms with Gasteiger partial charge in [0.1, 0.15) is 5.65 Å². The Bertz CT molecular complexity index is 1190. The van der Waals surface area contributed by atoms with E-state index in [-0.39, 0.29) is 5.92 Å². The van der Waals surface area contributed by atoms with Gasteiger partial charge in [0, 0.05) is 61.6 Å². The number of aromatic amines is 1. The minimum atomic E-state index is 0.114. The standard InChI is InChI=1S/C27H32N4O2/c1-17-14-29-26-23(17)13-20(15-30-26)19-11-21-16-31(27(32)18-5-9-33-10-6-18)8-4-22(21)24(12-19)25-3-2-7-28-25/h11-15,18,25,28H,2-10,16H2,1H3,(H,29,30). The van der Waals surface area contributed by atoms with Gasteiger partial charge in [-0.2, -0.15) is 0 Å². The van der Waals surface area contributed by atoms with Gasteiger partial charge in [0.2, 0.25) is 5.91 Å². The van der Waals surface area contributed by atoms with Gasteiger partial charge in [-0.15, -0.1) is 0 Å². The van der Waals surface area contributed by atoms with Gasteiger partial charge in [0.05, 0.1) is 0 Å². The van der Waals surface area contributed by atoms with E-state index in [0.717, 1.165) is 43.6 Å². The lowest BCUT2D eigenvalue weighted by atomic mass is 9.86. The van der Waals surface area contributed by atoms with E-state index in [1.807, 2.05) is 12.4 Å². The van der Waals surface area contributed by atoms with E-state index in [9.17, 15) is 4.79 Å². The normalized spacial score (nSPS) is 21.5. The van der Waals surface area contributed by atoms with Gasteiger partial charge >= 0.3 is 0 Å². The molecule has 1 unspecified atom stereocenters. The molecule has 2 saturated heterocycles. The molecule has 3 aromatic rings. The number of pyridine rings is 1. The fourth-order valence-corrected chi connectivity index (χ4v) is 5.84. The number of aryl methyl sites for hydroxylation is 1. The first-order valence-corrected chi connectivity index (χ1v) is 12.4. The van der Waals surface area contributed by atoms with Gasteiger partial charge in [-0.25, -0.2) is 4.98 Å². The molecule has 1 atom stereocenters. The van der Waals surface area contributed by atoms with Gasteiger partial charge in [-0.1, -0.05) is 0 Å². The molecular formula is C27H32N4O2. The Kier molecular flexibility index (Phi) is 5.43. The molecule has 1 amide bonds. The van der Waals surface area contributed by atoms with E-state index in [1.165, 1.54) is 46.0 Å². The van der Waals surface area contributed by atoms with E-state index >= 15 is 0 Å². The number of rotatable bonds is 3. The van der Waals surface area contributed by atoms with Gasteiger partial charge in [-0.3, -0.25) is 4.79 Å². The van der Waals surface area contributed by atoms with E-state index < -0.39 is 0 Å². The van der Waals surface area contributed by atoms with Crippen LogP contribution in [-0.4, -0.2) is 47.1 Å². The SMILES string of the molecule is Cc1c[nH]c2ncc(-c3cc4c(c(C5CCCN5)c3)CCN(C(=O)C3CCOCC3)C4)cc12. The number of benzene rings is 1. The summed E-state index contributed by atoms with van der Waals surface area (Å²) in [5, 5.41) is 4.88. The average Bonchev–Trinajstić information content (AvgIpc) is 3.53. The highest BCUT2D eigenvalue weighted by Gasteiger charge is 2.31.